The molecule has 1 aromatic carbocycles. The molecule has 0 radical (unpaired) electrons. The molecule has 2 aromatic rings. The molecule has 0 spiro atoms. The van der Waals surface area contributed by atoms with Gasteiger partial charge < -0.3 is 14.9 Å². The molecule has 0 aliphatic carbocycles. The lowest BCUT2D eigenvalue weighted by Crippen LogP contribution is -2.63. The van der Waals surface area contributed by atoms with Crippen LogP contribution < -0.4 is 0 Å². The molecule has 2 aliphatic rings. The van der Waals surface area contributed by atoms with Crippen LogP contribution in [0.2, 0.25) is 0 Å². The van der Waals surface area contributed by atoms with Crippen molar-refractivity contribution in [3.63, 3.8) is 0 Å². The third kappa shape index (κ3) is 2.67. The third-order valence-corrected chi connectivity index (χ3v) is 6.17. The van der Waals surface area contributed by atoms with E-state index in [1.54, 1.807) is 0 Å². The maximum atomic E-state index is 12.9. The molecule has 1 amide bonds. The van der Waals surface area contributed by atoms with Crippen LogP contribution in [0.4, 0.5) is 0 Å². The number of amides is 1. The van der Waals surface area contributed by atoms with Crippen molar-refractivity contribution in [2.45, 2.75) is 31.7 Å². The van der Waals surface area contributed by atoms with Gasteiger partial charge in [-0.2, -0.15) is 5.10 Å². The number of benzene rings is 1. The zero-order chi connectivity index (χ0) is 18.3. The number of fused-ring (bicyclic) bond motifs is 2. The normalized spacial score (nSPS) is 26.7. The fraction of sp³-hybridized carbons (Fsp3) is 0.526. The van der Waals surface area contributed by atoms with E-state index in [-0.39, 0.29) is 18.4 Å². The highest BCUT2D eigenvalue weighted by Gasteiger charge is 2.52. The van der Waals surface area contributed by atoms with Crippen molar-refractivity contribution >= 4 is 22.8 Å². The standard InChI is InChI=1S/C19H24N4O3/c1-22-9-4-7-19(18(25)26)8-10-23(12-16(19)22)17(24)11-15-13-5-2-3-6-14(13)20-21-15/h2-3,5-6,16H,4,7-12H2,1H3,(H,20,21)(H,25,26)/t16-,19+/m1/s1. The number of hydrogen-bond acceptors (Lipinski definition) is 4. The lowest BCUT2D eigenvalue weighted by molar-refractivity contribution is -0.165. The first-order chi connectivity index (χ1) is 12.5. The van der Waals surface area contributed by atoms with Gasteiger partial charge in [0, 0.05) is 24.5 Å². The maximum Gasteiger partial charge on any atom is 0.311 e. The van der Waals surface area contributed by atoms with Crippen LogP contribution in [0.1, 0.15) is 25.0 Å². The van der Waals surface area contributed by atoms with Gasteiger partial charge in [-0.1, -0.05) is 18.2 Å². The number of aromatic nitrogens is 2. The van der Waals surface area contributed by atoms with Crippen LogP contribution in [0.15, 0.2) is 24.3 Å². The molecule has 7 heteroatoms. The van der Waals surface area contributed by atoms with E-state index in [4.69, 9.17) is 0 Å². The summed E-state index contributed by atoms with van der Waals surface area (Å²) in [6.07, 6.45) is 2.38. The topological polar surface area (TPSA) is 89.5 Å². The van der Waals surface area contributed by atoms with Gasteiger partial charge in [0.15, 0.2) is 0 Å². The molecule has 2 aliphatic heterocycles. The Bertz CT molecular complexity index is 848. The Morgan fingerprint density at radius 2 is 2.12 bits per heavy atom. The summed E-state index contributed by atoms with van der Waals surface area (Å²) >= 11 is 0. The Balaban J connectivity index is 1.52. The van der Waals surface area contributed by atoms with Gasteiger partial charge in [0.2, 0.25) is 5.91 Å². The van der Waals surface area contributed by atoms with Gasteiger partial charge in [-0.3, -0.25) is 14.7 Å². The predicted octanol–water partition coefficient (Wildman–Crippen LogP) is 1.50. The molecule has 2 N–H and O–H groups in total. The molecule has 2 fully saturated rings. The number of H-pyrrole nitrogens is 1. The highest BCUT2D eigenvalue weighted by Crippen LogP contribution is 2.42. The monoisotopic (exact) mass is 356 g/mol. The summed E-state index contributed by atoms with van der Waals surface area (Å²) < 4.78 is 0. The third-order valence-electron chi connectivity index (χ3n) is 6.17. The molecule has 138 valence electrons. The van der Waals surface area contributed by atoms with Crippen LogP contribution in [0.3, 0.4) is 0 Å². The zero-order valence-electron chi connectivity index (χ0n) is 14.9. The second-order valence-corrected chi connectivity index (χ2v) is 7.55. The number of carboxylic acids is 1. The minimum atomic E-state index is -0.722. The van der Waals surface area contributed by atoms with Crippen molar-refractivity contribution < 1.29 is 14.7 Å². The van der Waals surface area contributed by atoms with Crippen molar-refractivity contribution in [3.05, 3.63) is 30.0 Å². The Morgan fingerprint density at radius 1 is 1.31 bits per heavy atom. The summed E-state index contributed by atoms with van der Waals surface area (Å²) in [5.74, 6) is -0.696. The number of nitrogens with one attached hydrogen (secondary N) is 1. The van der Waals surface area contributed by atoms with E-state index < -0.39 is 11.4 Å². The van der Waals surface area contributed by atoms with Gasteiger partial charge in [0.25, 0.3) is 0 Å². The summed E-state index contributed by atoms with van der Waals surface area (Å²) in [7, 11) is 1.97. The first-order valence-corrected chi connectivity index (χ1v) is 9.15. The summed E-state index contributed by atoms with van der Waals surface area (Å²) in [4.78, 5) is 28.8. The number of para-hydroxylation sites is 1. The number of nitrogens with zero attached hydrogens (tertiary/aromatic N) is 3. The second-order valence-electron chi connectivity index (χ2n) is 7.55. The van der Waals surface area contributed by atoms with E-state index in [9.17, 15) is 14.7 Å². The van der Waals surface area contributed by atoms with Gasteiger partial charge in [0.05, 0.1) is 23.0 Å². The van der Waals surface area contributed by atoms with Crippen molar-refractivity contribution in [1.82, 2.24) is 20.0 Å². The van der Waals surface area contributed by atoms with E-state index in [0.717, 1.165) is 29.6 Å². The molecular formula is C19H24N4O3. The second kappa shape index (κ2) is 6.39. The van der Waals surface area contributed by atoms with Crippen molar-refractivity contribution in [1.29, 1.82) is 0 Å². The predicted molar refractivity (Wildman–Crippen MR) is 96.7 cm³/mol. The first kappa shape index (κ1) is 17.0. The number of aromatic amines is 1. The lowest BCUT2D eigenvalue weighted by atomic mass is 9.68. The van der Waals surface area contributed by atoms with Gasteiger partial charge in [-0.25, -0.2) is 0 Å². The number of likely N-dealkylation sites (tertiary alicyclic amines) is 2. The van der Waals surface area contributed by atoms with E-state index in [2.05, 4.69) is 15.1 Å². The van der Waals surface area contributed by atoms with Crippen molar-refractivity contribution in [3.8, 4) is 0 Å². The van der Waals surface area contributed by atoms with E-state index in [1.807, 2.05) is 36.2 Å². The highest BCUT2D eigenvalue weighted by molar-refractivity contribution is 5.87. The Labute approximate surface area is 152 Å². The van der Waals surface area contributed by atoms with Crippen molar-refractivity contribution in [2.24, 2.45) is 5.41 Å². The van der Waals surface area contributed by atoms with Gasteiger partial charge >= 0.3 is 5.97 Å². The molecule has 4 rings (SSSR count). The van der Waals surface area contributed by atoms with E-state index in [1.165, 1.54) is 0 Å². The molecular weight excluding hydrogens is 332 g/mol. The number of carboxylic acid groups (broad SMARTS) is 1. The van der Waals surface area contributed by atoms with Gasteiger partial charge in [-0.05, 0) is 38.9 Å². The molecule has 26 heavy (non-hydrogen) atoms. The summed E-state index contributed by atoms with van der Waals surface area (Å²) in [6, 6.07) is 7.61. The summed E-state index contributed by atoms with van der Waals surface area (Å²) in [5, 5.41) is 18.0. The van der Waals surface area contributed by atoms with E-state index >= 15 is 0 Å². The SMILES string of the molecule is CN1CCC[C@]2(C(=O)O)CCN(C(=O)Cc3[nH]nc4ccccc34)C[C@@H]12. The molecule has 2 saturated heterocycles. The molecule has 3 heterocycles. The molecule has 0 bridgehead atoms. The number of carbonyl (C=O) groups excluding carboxylic acids is 1. The van der Waals surface area contributed by atoms with Crippen LogP contribution in [-0.2, 0) is 16.0 Å². The van der Waals surface area contributed by atoms with Crippen LogP contribution in [0.25, 0.3) is 10.9 Å². The number of aliphatic carboxylic acids is 1. The summed E-state index contributed by atoms with van der Waals surface area (Å²) in [5.41, 5.74) is 0.952. The Kier molecular flexibility index (Phi) is 4.19. The number of piperidine rings is 2. The maximum absolute atomic E-state index is 12.9. The smallest absolute Gasteiger partial charge is 0.311 e. The number of likely N-dealkylation sites (N-methyl/N-ethyl adjacent to an activating group) is 1. The molecule has 7 nitrogen and oxygen atoms in total. The van der Waals surface area contributed by atoms with Crippen LogP contribution >= 0.6 is 0 Å². The van der Waals surface area contributed by atoms with Gasteiger partial charge in [0.1, 0.15) is 0 Å². The Hall–Kier alpha value is -2.41. The van der Waals surface area contributed by atoms with E-state index in [0.29, 0.717) is 25.9 Å². The average molecular weight is 356 g/mol. The number of rotatable bonds is 3. The molecule has 0 saturated carbocycles. The largest absolute Gasteiger partial charge is 0.481 e. The highest BCUT2D eigenvalue weighted by atomic mass is 16.4. The zero-order valence-corrected chi connectivity index (χ0v) is 14.9. The fourth-order valence-electron chi connectivity index (χ4n) is 4.62. The Morgan fingerprint density at radius 3 is 2.92 bits per heavy atom. The van der Waals surface area contributed by atoms with Gasteiger partial charge in [-0.15, -0.1) is 0 Å². The first-order valence-electron chi connectivity index (χ1n) is 9.15. The van der Waals surface area contributed by atoms with Crippen LogP contribution in [0, 0.1) is 5.41 Å². The number of carbonyl (C=O) groups is 2. The quantitative estimate of drug-likeness (QED) is 0.870. The van der Waals surface area contributed by atoms with Crippen LogP contribution in [0.5, 0.6) is 0 Å². The van der Waals surface area contributed by atoms with Crippen LogP contribution in [-0.4, -0.2) is 69.7 Å². The molecule has 1 aromatic heterocycles. The molecule has 2 atom stereocenters. The summed E-state index contributed by atoms with van der Waals surface area (Å²) in [6.45, 7) is 1.86. The minimum absolute atomic E-state index is 0.0253. The fourth-order valence-corrected chi connectivity index (χ4v) is 4.62. The lowest BCUT2D eigenvalue weighted by Gasteiger charge is -2.51. The number of hydrogen-bond donors (Lipinski definition) is 2. The molecule has 0 unspecified atom stereocenters. The minimum Gasteiger partial charge on any atom is -0.481 e. The average Bonchev–Trinajstić information content (AvgIpc) is 3.04. The van der Waals surface area contributed by atoms with Crippen molar-refractivity contribution in [2.75, 3.05) is 26.7 Å².